The quantitative estimate of drug-likeness (QED) is 0.555. The van der Waals surface area contributed by atoms with Crippen LogP contribution in [0.2, 0.25) is 0 Å². The first kappa shape index (κ1) is 11.4. The summed E-state index contributed by atoms with van der Waals surface area (Å²) in [5, 5.41) is 0. The van der Waals surface area contributed by atoms with Gasteiger partial charge in [0.05, 0.1) is 5.92 Å². The number of ketones is 1. The molecule has 0 aliphatic carbocycles. The van der Waals surface area contributed by atoms with Crippen molar-refractivity contribution >= 4 is 11.7 Å². The maximum absolute atomic E-state index is 11.8. The van der Waals surface area contributed by atoms with Gasteiger partial charge in [-0.1, -0.05) is 30.3 Å². The highest BCUT2D eigenvalue weighted by atomic mass is 16.2. The van der Waals surface area contributed by atoms with Gasteiger partial charge in [0.15, 0.2) is 5.78 Å². The molecule has 0 saturated heterocycles. The molecule has 0 radical (unpaired) electrons. The highest BCUT2D eigenvalue weighted by Gasteiger charge is 2.23. The number of rotatable bonds is 3. The zero-order valence-corrected chi connectivity index (χ0v) is 9.23. The molecule has 0 N–H and O–H groups in total. The SMILES string of the molecule is C[C@@H](C(=O)c1ccccc1)C(=O)N(C)C. The van der Waals surface area contributed by atoms with Crippen LogP contribution in [0.25, 0.3) is 0 Å². The minimum atomic E-state index is -0.609. The lowest BCUT2D eigenvalue weighted by Crippen LogP contribution is -2.32. The van der Waals surface area contributed by atoms with Crippen LogP contribution >= 0.6 is 0 Å². The van der Waals surface area contributed by atoms with Crippen molar-refractivity contribution in [1.29, 1.82) is 0 Å². The molecule has 0 saturated carbocycles. The van der Waals surface area contributed by atoms with Crippen molar-refractivity contribution < 1.29 is 9.59 Å². The Labute approximate surface area is 89.7 Å². The van der Waals surface area contributed by atoms with Crippen molar-refractivity contribution in [3.63, 3.8) is 0 Å². The van der Waals surface area contributed by atoms with Gasteiger partial charge in [0.2, 0.25) is 5.91 Å². The van der Waals surface area contributed by atoms with Crippen LogP contribution in [0.3, 0.4) is 0 Å². The van der Waals surface area contributed by atoms with Crippen LogP contribution in [0.1, 0.15) is 17.3 Å². The van der Waals surface area contributed by atoms with Gasteiger partial charge in [0.1, 0.15) is 0 Å². The van der Waals surface area contributed by atoms with Gasteiger partial charge in [-0.15, -0.1) is 0 Å². The van der Waals surface area contributed by atoms with E-state index in [1.165, 1.54) is 4.90 Å². The Morgan fingerprint density at radius 2 is 1.67 bits per heavy atom. The monoisotopic (exact) mass is 205 g/mol. The van der Waals surface area contributed by atoms with E-state index >= 15 is 0 Å². The molecule has 3 nitrogen and oxygen atoms in total. The first-order valence-electron chi connectivity index (χ1n) is 4.84. The molecule has 1 aromatic rings. The normalized spacial score (nSPS) is 11.9. The van der Waals surface area contributed by atoms with Crippen LogP contribution < -0.4 is 0 Å². The first-order chi connectivity index (χ1) is 7.04. The van der Waals surface area contributed by atoms with Gasteiger partial charge in [-0.3, -0.25) is 9.59 Å². The van der Waals surface area contributed by atoms with E-state index in [9.17, 15) is 9.59 Å². The van der Waals surface area contributed by atoms with E-state index in [4.69, 9.17) is 0 Å². The molecule has 0 spiro atoms. The Hall–Kier alpha value is -1.64. The molecule has 3 heteroatoms. The zero-order chi connectivity index (χ0) is 11.4. The standard InChI is InChI=1S/C12H15NO2/c1-9(12(15)13(2)3)11(14)10-7-5-4-6-8-10/h4-9H,1-3H3/t9-/m0/s1. The first-order valence-corrected chi connectivity index (χ1v) is 4.84. The number of hydrogen-bond acceptors (Lipinski definition) is 2. The number of nitrogens with zero attached hydrogens (tertiary/aromatic N) is 1. The second-order valence-electron chi connectivity index (χ2n) is 3.68. The Kier molecular flexibility index (Phi) is 3.61. The van der Waals surface area contributed by atoms with E-state index in [1.54, 1.807) is 45.3 Å². The molecule has 0 unspecified atom stereocenters. The molecule has 15 heavy (non-hydrogen) atoms. The third-order valence-corrected chi connectivity index (χ3v) is 2.26. The largest absolute Gasteiger partial charge is 0.348 e. The Morgan fingerprint density at radius 3 is 2.13 bits per heavy atom. The third kappa shape index (κ3) is 2.65. The number of amides is 1. The maximum atomic E-state index is 11.8. The Morgan fingerprint density at radius 1 is 1.13 bits per heavy atom. The number of carbonyl (C=O) groups is 2. The average molecular weight is 205 g/mol. The highest BCUT2D eigenvalue weighted by molar-refractivity contribution is 6.09. The van der Waals surface area contributed by atoms with E-state index in [0.29, 0.717) is 5.56 Å². The van der Waals surface area contributed by atoms with Gasteiger partial charge in [-0.25, -0.2) is 0 Å². The molecule has 1 atom stereocenters. The number of hydrogen-bond donors (Lipinski definition) is 0. The van der Waals surface area contributed by atoms with Gasteiger partial charge >= 0.3 is 0 Å². The molecule has 0 heterocycles. The molecule has 1 aromatic carbocycles. The predicted molar refractivity (Wildman–Crippen MR) is 58.6 cm³/mol. The summed E-state index contributed by atoms with van der Waals surface area (Å²) >= 11 is 0. The number of carbonyl (C=O) groups excluding carboxylic acids is 2. The molecule has 0 aliphatic rings. The van der Waals surface area contributed by atoms with Crippen molar-refractivity contribution in [1.82, 2.24) is 4.90 Å². The second kappa shape index (κ2) is 4.73. The van der Waals surface area contributed by atoms with Crippen LogP contribution in [0.15, 0.2) is 30.3 Å². The number of benzene rings is 1. The van der Waals surface area contributed by atoms with E-state index in [1.807, 2.05) is 6.07 Å². The van der Waals surface area contributed by atoms with Crippen LogP contribution in [0.5, 0.6) is 0 Å². The van der Waals surface area contributed by atoms with E-state index in [0.717, 1.165) is 0 Å². The van der Waals surface area contributed by atoms with Crippen LogP contribution in [-0.2, 0) is 4.79 Å². The topological polar surface area (TPSA) is 37.4 Å². The molecular formula is C12H15NO2. The van der Waals surface area contributed by atoms with Crippen LogP contribution in [-0.4, -0.2) is 30.7 Å². The fourth-order valence-electron chi connectivity index (χ4n) is 1.35. The van der Waals surface area contributed by atoms with Crippen molar-refractivity contribution in [3.05, 3.63) is 35.9 Å². The van der Waals surface area contributed by atoms with Gasteiger partial charge in [0, 0.05) is 19.7 Å². The predicted octanol–water partition coefficient (Wildman–Crippen LogP) is 1.59. The molecular weight excluding hydrogens is 190 g/mol. The average Bonchev–Trinajstić information content (AvgIpc) is 2.27. The Bertz CT molecular complexity index is 357. The molecule has 0 aromatic heterocycles. The maximum Gasteiger partial charge on any atom is 0.232 e. The summed E-state index contributed by atoms with van der Waals surface area (Å²) in [4.78, 5) is 24.8. The lowest BCUT2D eigenvalue weighted by Gasteiger charge is -2.15. The van der Waals surface area contributed by atoms with Crippen molar-refractivity contribution in [2.24, 2.45) is 5.92 Å². The van der Waals surface area contributed by atoms with Crippen molar-refractivity contribution in [2.75, 3.05) is 14.1 Å². The summed E-state index contributed by atoms with van der Waals surface area (Å²) in [6.07, 6.45) is 0. The van der Waals surface area contributed by atoms with E-state index < -0.39 is 5.92 Å². The molecule has 1 amide bonds. The highest BCUT2D eigenvalue weighted by Crippen LogP contribution is 2.10. The Balaban J connectivity index is 2.82. The zero-order valence-electron chi connectivity index (χ0n) is 9.23. The summed E-state index contributed by atoms with van der Waals surface area (Å²) < 4.78 is 0. The smallest absolute Gasteiger partial charge is 0.232 e. The van der Waals surface area contributed by atoms with E-state index in [-0.39, 0.29) is 11.7 Å². The second-order valence-corrected chi connectivity index (χ2v) is 3.68. The summed E-state index contributed by atoms with van der Waals surface area (Å²) in [5.74, 6) is -0.902. The van der Waals surface area contributed by atoms with Gasteiger partial charge < -0.3 is 4.90 Å². The van der Waals surface area contributed by atoms with Crippen LogP contribution in [0, 0.1) is 5.92 Å². The summed E-state index contributed by atoms with van der Waals surface area (Å²) in [6, 6.07) is 8.87. The molecule has 0 fully saturated rings. The fourth-order valence-corrected chi connectivity index (χ4v) is 1.35. The van der Waals surface area contributed by atoms with Gasteiger partial charge in [-0.05, 0) is 6.92 Å². The fraction of sp³-hybridized carbons (Fsp3) is 0.333. The molecule has 0 bridgehead atoms. The van der Waals surface area contributed by atoms with Gasteiger partial charge in [-0.2, -0.15) is 0 Å². The minimum absolute atomic E-state index is 0.130. The van der Waals surface area contributed by atoms with Crippen molar-refractivity contribution in [3.8, 4) is 0 Å². The van der Waals surface area contributed by atoms with Crippen molar-refractivity contribution in [2.45, 2.75) is 6.92 Å². The van der Waals surface area contributed by atoms with Crippen LogP contribution in [0.4, 0.5) is 0 Å². The molecule has 1 rings (SSSR count). The summed E-state index contributed by atoms with van der Waals surface area (Å²) in [6.45, 7) is 1.64. The lowest BCUT2D eigenvalue weighted by atomic mass is 9.98. The van der Waals surface area contributed by atoms with Gasteiger partial charge in [0.25, 0.3) is 0 Å². The van der Waals surface area contributed by atoms with E-state index in [2.05, 4.69) is 0 Å². The third-order valence-electron chi connectivity index (χ3n) is 2.26. The molecule has 0 aliphatic heterocycles. The molecule has 80 valence electrons. The summed E-state index contributed by atoms with van der Waals surface area (Å²) in [7, 11) is 3.30. The minimum Gasteiger partial charge on any atom is -0.348 e. The number of Topliss-reactive ketones (excluding diaryl/α,β-unsaturated/α-hetero) is 1. The summed E-state index contributed by atoms with van der Waals surface area (Å²) in [5.41, 5.74) is 0.584. The lowest BCUT2D eigenvalue weighted by molar-refractivity contribution is -0.130.